The largest absolute Gasteiger partial charge is 0.462 e. The van der Waals surface area contributed by atoms with Crippen molar-refractivity contribution >= 4 is 28.2 Å². The lowest BCUT2D eigenvalue weighted by Crippen LogP contribution is -2.35. The number of thiophene rings is 1. The first kappa shape index (κ1) is 16.4. The molecule has 1 heterocycles. The van der Waals surface area contributed by atoms with E-state index < -0.39 is 31.1 Å². The Kier molecular flexibility index (Phi) is 5.96. The van der Waals surface area contributed by atoms with Crippen molar-refractivity contribution in [1.29, 1.82) is 0 Å². The fourth-order valence-electron chi connectivity index (χ4n) is 1.26. The molecule has 1 aromatic heterocycles. The fraction of sp³-hybridized carbons (Fsp3) is 0.455. The quantitative estimate of drug-likeness (QED) is 0.789. The van der Waals surface area contributed by atoms with Crippen LogP contribution in [0.15, 0.2) is 11.4 Å². The van der Waals surface area contributed by atoms with Crippen molar-refractivity contribution in [2.45, 2.75) is 13.1 Å². The Hall–Kier alpha value is -1.61. The Morgan fingerprint density at radius 1 is 1.40 bits per heavy atom. The van der Waals surface area contributed by atoms with Crippen LogP contribution in [-0.2, 0) is 9.53 Å². The van der Waals surface area contributed by atoms with Gasteiger partial charge in [-0.05, 0) is 18.4 Å². The number of carbonyl (C=O) groups is 2. The standard InChI is InChI=1S/C11H13F3N2O3S/c1-2-19-10(18)7-3-4-20-9(7)16-8(17)5-15-6-11(12,13)14/h3-4,15H,2,5-6H2,1H3,(H,16,17). The molecule has 0 saturated heterocycles. The summed E-state index contributed by atoms with van der Waals surface area (Å²) in [7, 11) is 0. The summed E-state index contributed by atoms with van der Waals surface area (Å²) >= 11 is 1.09. The molecule has 0 fully saturated rings. The van der Waals surface area contributed by atoms with Crippen molar-refractivity contribution in [3.8, 4) is 0 Å². The van der Waals surface area contributed by atoms with Gasteiger partial charge in [0.15, 0.2) is 0 Å². The van der Waals surface area contributed by atoms with Gasteiger partial charge in [0.25, 0.3) is 0 Å². The molecular formula is C11H13F3N2O3S. The lowest BCUT2D eigenvalue weighted by atomic mass is 10.3. The molecule has 1 aromatic rings. The molecule has 20 heavy (non-hydrogen) atoms. The first-order valence-corrected chi connectivity index (χ1v) is 6.53. The smallest absolute Gasteiger partial charge is 0.401 e. The van der Waals surface area contributed by atoms with Gasteiger partial charge in [-0.3, -0.25) is 4.79 Å². The Labute approximate surface area is 117 Å². The summed E-state index contributed by atoms with van der Waals surface area (Å²) in [5, 5.41) is 6.15. The zero-order chi connectivity index (χ0) is 15.2. The van der Waals surface area contributed by atoms with Gasteiger partial charge in [0.05, 0.1) is 25.3 Å². The molecule has 0 aliphatic carbocycles. The molecular weight excluding hydrogens is 297 g/mol. The number of hydrogen-bond donors (Lipinski definition) is 2. The van der Waals surface area contributed by atoms with Crippen molar-refractivity contribution in [1.82, 2.24) is 5.32 Å². The molecule has 112 valence electrons. The van der Waals surface area contributed by atoms with Gasteiger partial charge < -0.3 is 15.4 Å². The van der Waals surface area contributed by atoms with E-state index in [1.807, 2.05) is 5.32 Å². The first-order valence-electron chi connectivity index (χ1n) is 5.65. The molecule has 0 unspecified atom stereocenters. The zero-order valence-corrected chi connectivity index (χ0v) is 11.4. The minimum atomic E-state index is -4.38. The number of nitrogens with one attached hydrogen (secondary N) is 2. The third-order valence-electron chi connectivity index (χ3n) is 2.02. The van der Waals surface area contributed by atoms with E-state index in [9.17, 15) is 22.8 Å². The molecule has 0 aliphatic rings. The van der Waals surface area contributed by atoms with Gasteiger partial charge in [0.2, 0.25) is 5.91 Å². The summed E-state index contributed by atoms with van der Waals surface area (Å²) in [5.41, 5.74) is 0.182. The summed E-state index contributed by atoms with van der Waals surface area (Å²) in [6.07, 6.45) is -4.38. The predicted molar refractivity (Wildman–Crippen MR) is 67.8 cm³/mol. The molecule has 0 bridgehead atoms. The Morgan fingerprint density at radius 2 is 2.10 bits per heavy atom. The van der Waals surface area contributed by atoms with Crippen LogP contribution in [0.3, 0.4) is 0 Å². The SMILES string of the molecule is CCOC(=O)c1ccsc1NC(=O)CNCC(F)(F)F. The van der Waals surface area contributed by atoms with Crippen LogP contribution in [0.5, 0.6) is 0 Å². The van der Waals surface area contributed by atoms with Gasteiger partial charge in [-0.2, -0.15) is 13.2 Å². The molecule has 2 N–H and O–H groups in total. The number of hydrogen-bond acceptors (Lipinski definition) is 5. The van der Waals surface area contributed by atoms with E-state index >= 15 is 0 Å². The number of halogens is 3. The summed E-state index contributed by atoms with van der Waals surface area (Å²) in [5.74, 6) is -1.26. The highest BCUT2D eigenvalue weighted by molar-refractivity contribution is 7.14. The second kappa shape index (κ2) is 7.25. The molecule has 0 spiro atoms. The van der Waals surface area contributed by atoms with Crippen LogP contribution in [0.4, 0.5) is 18.2 Å². The van der Waals surface area contributed by atoms with E-state index in [4.69, 9.17) is 4.74 Å². The van der Waals surface area contributed by atoms with Gasteiger partial charge in [-0.1, -0.05) is 0 Å². The van der Waals surface area contributed by atoms with Crippen LogP contribution in [0, 0.1) is 0 Å². The van der Waals surface area contributed by atoms with Crippen LogP contribution < -0.4 is 10.6 Å². The van der Waals surface area contributed by atoms with Crippen molar-refractivity contribution in [2.75, 3.05) is 25.0 Å². The highest BCUT2D eigenvalue weighted by Crippen LogP contribution is 2.23. The fourth-order valence-corrected chi connectivity index (χ4v) is 2.06. The van der Waals surface area contributed by atoms with E-state index in [0.29, 0.717) is 0 Å². The van der Waals surface area contributed by atoms with Crippen LogP contribution in [0.2, 0.25) is 0 Å². The second-order valence-electron chi connectivity index (χ2n) is 3.65. The van der Waals surface area contributed by atoms with E-state index in [-0.39, 0.29) is 17.2 Å². The average molecular weight is 310 g/mol. The lowest BCUT2D eigenvalue weighted by molar-refractivity contribution is -0.126. The van der Waals surface area contributed by atoms with Crippen molar-refractivity contribution in [3.05, 3.63) is 17.0 Å². The Balaban J connectivity index is 2.50. The van der Waals surface area contributed by atoms with Crippen LogP contribution >= 0.6 is 11.3 Å². The zero-order valence-electron chi connectivity index (χ0n) is 10.5. The van der Waals surface area contributed by atoms with E-state index in [1.165, 1.54) is 6.07 Å². The van der Waals surface area contributed by atoms with E-state index in [2.05, 4.69) is 5.32 Å². The van der Waals surface area contributed by atoms with Gasteiger partial charge >= 0.3 is 12.1 Å². The molecule has 0 atom stereocenters. The maximum absolute atomic E-state index is 11.9. The predicted octanol–water partition coefficient (Wildman–Crippen LogP) is 2.02. The molecule has 0 radical (unpaired) electrons. The van der Waals surface area contributed by atoms with Gasteiger partial charge in [-0.15, -0.1) is 11.3 Å². The van der Waals surface area contributed by atoms with Crippen LogP contribution in [0.1, 0.15) is 17.3 Å². The van der Waals surface area contributed by atoms with E-state index in [1.54, 1.807) is 12.3 Å². The van der Waals surface area contributed by atoms with Crippen LogP contribution in [0.25, 0.3) is 0 Å². The maximum Gasteiger partial charge on any atom is 0.401 e. The highest BCUT2D eigenvalue weighted by Gasteiger charge is 2.26. The second-order valence-corrected chi connectivity index (χ2v) is 4.57. The van der Waals surface area contributed by atoms with Gasteiger partial charge in [0, 0.05) is 0 Å². The molecule has 9 heteroatoms. The van der Waals surface area contributed by atoms with Crippen molar-refractivity contribution in [2.24, 2.45) is 0 Å². The lowest BCUT2D eigenvalue weighted by Gasteiger charge is -2.09. The van der Waals surface area contributed by atoms with Crippen molar-refractivity contribution in [3.63, 3.8) is 0 Å². The Bertz CT molecular complexity index is 474. The topological polar surface area (TPSA) is 67.4 Å². The summed E-state index contributed by atoms with van der Waals surface area (Å²) in [4.78, 5) is 23.0. The van der Waals surface area contributed by atoms with Crippen molar-refractivity contribution < 1.29 is 27.5 Å². The summed E-state index contributed by atoms with van der Waals surface area (Å²) in [6.45, 7) is 0.0774. The number of carbonyl (C=O) groups excluding carboxylic acids is 2. The number of amides is 1. The number of ether oxygens (including phenoxy) is 1. The van der Waals surface area contributed by atoms with Gasteiger partial charge in [0.1, 0.15) is 5.00 Å². The summed E-state index contributed by atoms with van der Waals surface area (Å²) in [6, 6.07) is 1.47. The third kappa shape index (κ3) is 5.57. The average Bonchev–Trinajstić information content (AvgIpc) is 2.75. The third-order valence-corrected chi connectivity index (χ3v) is 2.85. The molecule has 1 amide bonds. The molecule has 0 saturated carbocycles. The summed E-state index contributed by atoms with van der Waals surface area (Å²) < 4.78 is 40.4. The minimum absolute atomic E-state index is 0.182. The molecule has 5 nitrogen and oxygen atoms in total. The maximum atomic E-state index is 11.9. The number of anilines is 1. The number of esters is 1. The molecule has 0 aromatic carbocycles. The van der Waals surface area contributed by atoms with E-state index in [0.717, 1.165) is 11.3 Å². The monoisotopic (exact) mass is 310 g/mol. The highest BCUT2D eigenvalue weighted by atomic mass is 32.1. The Morgan fingerprint density at radius 3 is 2.70 bits per heavy atom. The molecule has 1 rings (SSSR count). The number of rotatable bonds is 6. The minimum Gasteiger partial charge on any atom is -0.462 e. The molecule has 0 aliphatic heterocycles. The normalized spacial score (nSPS) is 11.2. The van der Waals surface area contributed by atoms with Crippen LogP contribution in [-0.4, -0.2) is 37.7 Å². The van der Waals surface area contributed by atoms with Gasteiger partial charge in [-0.25, -0.2) is 4.79 Å². The first-order chi connectivity index (χ1) is 9.33. The number of alkyl halides is 3.